The van der Waals surface area contributed by atoms with E-state index in [0.717, 1.165) is 31.2 Å². The third kappa shape index (κ3) is 1.87. The van der Waals surface area contributed by atoms with Crippen molar-refractivity contribution < 1.29 is 9.59 Å². The Hall–Kier alpha value is -1.68. The number of amides is 2. The molecule has 0 radical (unpaired) electrons. The van der Waals surface area contributed by atoms with Gasteiger partial charge in [-0.15, -0.1) is 0 Å². The van der Waals surface area contributed by atoms with Gasteiger partial charge in [-0.3, -0.25) is 14.5 Å². The largest absolute Gasteiger partial charge is 0.326 e. The summed E-state index contributed by atoms with van der Waals surface area (Å²) in [5.41, 5.74) is 8.15. The van der Waals surface area contributed by atoms with Crippen LogP contribution < -0.4 is 5.73 Å². The molecule has 1 saturated carbocycles. The fraction of sp³-hybridized carbons (Fsp3) is 0.467. The van der Waals surface area contributed by atoms with E-state index in [2.05, 4.69) is 0 Å². The molecular weight excluding hydrogens is 240 g/mol. The first-order valence-electron chi connectivity index (χ1n) is 6.83. The lowest BCUT2D eigenvalue weighted by molar-refractivity contribution is 0.0525. The van der Waals surface area contributed by atoms with Crippen molar-refractivity contribution in [1.82, 2.24) is 4.90 Å². The molecule has 19 heavy (non-hydrogen) atoms. The molecule has 1 aromatic rings. The molecule has 1 aromatic carbocycles. The van der Waals surface area contributed by atoms with E-state index in [4.69, 9.17) is 5.73 Å². The van der Waals surface area contributed by atoms with Crippen LogP contribution in [0.25, 0.3) is 0 Å². The third-order valence-electron chi connectivity index (χ3n) is 4.19. The van der Waals surface area contributed by atoms with Crippen molar-refractivity contribution in [3.05, 3.63) is 34.9 Å². The summed E-state index contributed by atoms with van der Waals surface area (Å²) in [6.45, 7) is 1.92. The Balaban J connectivity index is 1.98. The molecule has 4 heteroatoms. The highest BCUT2D eigenvalue weighted by Gasteiger charge is 2.42. The summed E-state index contributed by atoms with van der Waals surface area (Å²) >= 11 is 0. The van der Waals surface area contributed by atoms with E-state index >= 15 is 0 Å². The predicted octanol–water partition coefficient (Wildman–Crippen LogP) is 1.86. The predicted molar refractivity (Wildman–Crippen MR) is 71.9 cm³/mol. The van der Waals surface area contributed by atoms with Crippen molar-refractivity contribution in [1.29, 1.82) is 0 Å². The van der Waals surface area contributed by atoms with E-state index in [-0.39, 0.29) is 23.9 Å². The zero-order valence-corrected chi connectivity index (χ0v) is 11.1. The quantitative estimate of drug-likeness (QED) is 0.782. The molecule has 2 N–H and O–H groups in total. The Bertz CT molecular complexity index is 553. The van der Waals surface area contributed by atoms with E-state index in [1.54, 1.807) is 12.1 Å². The average Bonchev–Trinajstić information content (AvgIpc) is 2.63. The second kappa shape index (κ2) is 4.46. The van der Waals surface area contributed by atoms with Crippen molar-refractivity contribution in [2.75, 3.05) is 0 Å². The zero-order valence-electron chi connectivity index (χ0n) is 11.1. The number of carbonyl (C=O) groups is 2. The Morgan fingerprint density at radius 3 is 2.53 bits per heavy atom. The first-order chi connectivity index (χ1) is 9.09. The van der Waals surface area contributed by atoms with Gasteiger partial charge in [0.05, 0.1) is 17.2 Å². The average molecular weight is 258 g/mol. The molecule has 1 heterocycles. The summed E-state index contributed by atoms with van der Waals surface area (Å²) in [5, 5.41) is 0. The number of aryl methyl sites for hydroxylation is 1. The second-order valence-electron chi connectivity index (χ2n) is 5.55. The van der Waals surface area contributed by atoms with Gasteiger partial charge in [0.2, 0.25) is 0 Å². The lowest BCUT2D eigenvalue weighted by atomic mass is 9.90. The van der Waals surface area contributed by atoms with Crippen molar-refractivity contribution in [2.45, 2.75) is 44.7 Å². The van der Waals surface area contributed by atoms with Crippen LogP contribution in [-0.2, 0) is 0 Å². The maximum absolute atomic E-state index is 12.5. The molecule has 0 aromatic heterocycles. The Morgan fingerprint density at radius 1 is 1.11 bits per heavy atom. The Labute approximate surface area is 112 Å². The maximum atomic E-state index is 12.5. The Morgan fingerprint density at radius 2 is 1.79 bits per heavy atom. The first-order valence-corrected chi connectivity index (χ1v) is 6.83. The van der Waals surface area contributed by atoms with Crippen LogP contribution in [0.5, 0.6) is 0 Å². The van der Waals surface area contributed by atoms with Crippen LogP contribution in [0.2, 0.25) is 0 Å². The molecule has 2 atom stereocenters. The summed E-state index contributed by atoms with van der Waals surface area (Å²) in [6, 6.07) is 5.19. The molecule has 0 bridgehead atoms. The fourth-order valence-corrected chi connectivity index (χ4v) is 3.14. The summed E-state index contributed by atoms with van der Waals surface area (Å²) in [5.74, 6) is -0.353. The van der Waals surface area contributed by atoms with Gasteiger partial charge in [0, 0.05) is 6.04 Å². The van der Waals surface area contributed by atoms with E-state index in [1.165, 1.54) is 4.90 Å². The number of imide groups is 1. The summed E-state index contributed by atoms with van der Waals surface area (Å²) in [7, 11) is 0. The van der Waals surface area contributed by atoms with Gasteiger partial charge in [0.1, 0.15) is 0 Å². The van der Waals surface area contributed by atoms with E-state index < -0.39 is 0 Å². The number of carbonyl (C=O) groups excluding carboxylic acids is 2. The molecule has 1 aliphatic heterocycles. The first kappa shape index (κ1) is 12.4. The van der Waals surface area contributed by atoms with Gasteiger partial charge < -0.3 is 5.73 Å². The van der Waals surface area contributed by atoms with E-state index in [9.17, 15) is 9.59 Å². The second-order valence-corrected chi connectivity index (χ2v) is 5.55. The van der Waals surface area contributed by atoms with Crippen molar-refractivity contribution in [3.8, 4) is 0 Å². The van der Waals surface area contributed by atoms with Crippen LogP contribution >= 0.6 is 0 Å². The number of hydrogen-bond acceptors (Lipinski definition) is 3. The van der Waals surface area contributed by atoms with Crippen LogP contribution in [-0.4, -0.2) is 28.8 Å². The summed E-state index contributed by atoms with van der Waals surface area (Å²) in [4.78, 5) is 26.3. The smallest absolute Gasteiger partial charge is 0.261 e. The molecule has 4 nitrogen and oxygen atoms in total. The highest BCUT2D eigenvalue weighted by molar-refractivity contribution is 6.21. The maximum Gasteiger partial charge on any atom is 0.261 e. The van der Waals surface area contributed by atoms with Gasteiger partial charge in [-0.05, 0) is 31.9 Å². The van der Waals surface area contributed by atoms with Crippen molar-refractivity contribution in [3.63, 3.8) is 0 Å². The number of fused-ring (bicyclic) bond motifs is 1. The molecule has 1 fully saturated rings. The standard InChI is InChI=1S/C15H18N2O2/c1-9-6-7-10-11(8-9)15(19)17(14(10)18)13-5-3-2-4-12(13)16/h6-8,12-13H,2-5,16H2,1H3. The molecule has 2 unspecified atom stereocenters. The van der Waals surface area contributed by atoms with Crippen LogP contribution in [0.1, 0.15) is 52.0 Å². The minimum absolute atomic E-state index is 0.0861. The number of nitrogens with zero attached hydrogens (tertiary/aromatic N) is 1. The molecule has 100 valence electrons. The zero-order chi connectivity index (χ0) is 13.6. The van der Waals surface area contributed by atoms with E-state index in [0.29, 0.717) is 11.1 Å². The fourth-order valence-electron chi connectivity index (χ4n) is 3.14. The number of hydrogen-bond donors (Lipinski definition) is 1. The lowest BCUT2D eigenvalue weighted by Crippen LogP contribution is -2.51. The SMILES string of the molecule is Cc1ccc2c(c1)C(=O)N(C1CCCCC1N)C2=O. The number of rotatable bonds is 1. The normalized spacial score (nSPS) is 26.7. The van der Waals surface area contributed by atoms with Gasteiger partial charge in [0.15, 0.2) is 0 Å². The molecule has 0 saturated heterocycles. The highest BCUT2D eigenvalue weighted by atomic mass is 16.2. The summed E-state index contributed by atoms with van der Waals surface area (Å²) in [6.07, 6.45) is 3.83. The molecule has 3 rings (SSSR count). The number of benzene rings is 1. The highest BCUT2D eigenvalue weighted by Crippen LogP contribution is 2.30. The molecular formula is C15H18N2O2. The van der Waals surface area contributed by atoms with Gasteiger partial charge in [0.25, 0.3) is 11.8 Å². The topological polar surface area (TPSA) is 63.4 Å². The van der Waals surface area contributed by atoms with Gasteiger partial charge in [-0.25, -0.2) is 0 Å². The minimum atomic E-state index is -0.178. The molecule has 0 spiro atoms. The minimum Gasteiger partial charge on any atom is -0.326 e. The molecule has 2 amide bonds. The van der Waals surface area contributed by atoms with Crippen molar-refractivity contribution >= 4 is 11.8 Å². The molecule has 2 aliphatic rings. The van der Waals surface area contributed by atoms with E-state index in [1.807, 2.05) is 13.0 Å². The van der Waals surface area contributed by atoms with Gasteiger partial charge >= 0.3 is 0 Å². The van der Waals surface area contributed by atoms with Crippen LogP contribution in [0, 0.1) is 6.92 Å². The van der Waals surface area contributed by atoms with Gasteiger partial charge in [-0.2, -0.15) is 0 Å². The van der Waals surface area contributed by atoms with Crippen LogP contribution in [0.3, 0.4) is 0 Å². The van der Waals surface area contributed by atoms with Crippen molar-refractivity contribution in [2.24, 2.45) is 5.73 Å². The molecule has 1 aliphatic carbocycles. The van der Waals surface area contributed by atoms with Crippen LogP contribution in [0.4, 0.5) is 0 Å². The lowest BCUT2D eigenvalue weighted by Gasteiger charge is -2.34. The van der Waals surface area contributed by atoms with Crippen LogP contribution in [0.15, 0.2) is 18.2 Å². The monoisotopic (exact) mass is 258 g/mol. The van der Waals surface area contributed by atoms with Gasteiger partial charge in [-0.1, -0.05) is 24.5 Å². The Kier molecular flexibility index (Phi) is 2.90. The third-order valence-corrected chi connectivity index (χ3v) is 4.19. The number of nitrogens with two attached hydrogens (primary N) is 1. The summed E-state index contributed by atoms with van der Waals surface area (Å²) < 4.78 is 0.